The van der Waals surface area contributed by atoms with Crippen LogP contribution in [0.4, 0.5) is 5.69 Å². The van der Waals surface area contributed by atoms with Crippen molar-refractivity contribution in [1.29, 1.82) is 0 Å². The first kappa shape index (κ1) is 19.4. The van der Waals surface area contributed by atoms with Crippen molar-refractivity contribution in [3.63, 3.8) is 0 Å². The van der Waals surface area contributed by atoms with Crippen molar-refractivity contribution < 1.29 is 19.1 Å². The first-order valence-electron chi connectivity index (χ1n) is 9.02. The molecule has 0 spiro atoms. The number of amides is 2. The number of carbonyl (C=O) groups is 3. The Morgan fingerprint density at radius 3 is 2.27 bits per heavy atom. The molecule has 4 rings (SSSR count). The highest BCUT2D eigenvalue weighted by molar-refractivity contribution is 6.33. The maximum atomic E-state index is 12.6. The van der Waals surface area contributed by atoms with Crippen molar-refractivity contribution in [3.05, 3.63) is 101 Å². The van der Waals surface area contributed by atoms with Gasteiger partial charge in [0.1, 0.15) is 11.3 Å². The summed E-state index contributed by atoms with van der Waals surface area (Å²) >= 11 is 6.01. The summed E-state index contributed by atoms with van der Waals surface area (Å²) in [5.74, 6) is -1.19. The Morgan fingerprint density at radius 2 is 1.57 bits per heavy atom. The molecule has 0 atom stereocenters. The molecule has 30 heavy (non-hydrogen) atoms. The van der Waals surface area contributed by atoms with Gasteiger partial charge in [-0.1, -0.05) is 54.1 Å². The van der Waals surface area contributed by atoms with E-state index in [1.165, 1.54) is 11.1 Å². The van der Waals surface area contributed by atoms with Gasteiger partial charge in [-0.05, 0) is 48.0 Å². The summed E-state index contributed by atoms with van der Waals surface area (Å²) in [4.78, 5) is 37.1. The summed E-state index contributed by atoms with van der Waals surface area (Å²) in [5, 5.41) is 1.51. The molecule has 0 bridgehead atoms. The molecule has 0 aliphatic carbocycles. The van der Waals surface area contributed by atoms with Gasteiger partial charge in [-0.25, -0.2) is 9.80 Å². The first-order chi connectivity index (χ1) is 14.5. The van der Waals surface area contributed by atoms with E-state index in [2.05, 4.69) is 5.43 Å². The predicted octanol–water partition coefficient (Wildman–Crippen LogP) is 4.02. The van der Waals surface area contributed by atoms with E-state index in [0.29, 0.717) is 22.0 Å². The predicted molar refractivity (Wildman–Crippen MR) is 113 cm³/mol. The van der Waals surface area contributed by atoms with Gasteiger partial charge in [-0.3, -0.25) is 15.0 Å². The highest BCUT2D eigenvalue weighted by Crippen LogP contribution is 2.23. The molecule has 1 aliphatic heterocycles. The van der Waals surface area contributed by atoms with E-state index in [0.717, 1.165) is 0 Å². The standard InChI is InChI=1S/C23H15ClN2O4/c24-20-9-5-4-8-18(20)23(29)30-17-12-10-15(11-13-17)14-19-21(27)25-26(22(19)28)16-6-2-1-3-7-16/h1-14H,(H,25,27). The zero-order valence-electron chi connectivity index (χ0n) is 15.5. The number of anilines is 1. The zero-order valence-corrected chi connectivity index (χ0v) is 16.3. The molecule has 3 aromatic rings. The average Bonchev–Trinajstić information content (AvgIpc) is 3.04. The zero-order chi connectivity index (χ0) is 21.1. The first-order valence-corrected chi connectivity index (χ1v) is 9.40. The van der Waals surface area contributed by atoms with Crippen LogP contribution in [-0.4, -0.2) is 17.8 Å². The smallest absolute Gasteiger partial charge is 0.345 e. The van der Waals surface area contributed by atoms with Gasteiger partial charge >= 0.3 is 5.97 Å². The Kier molecular flexibility index (Phi) is 5.32. The lowest BCUT2D eigenvalue weighted by Crippen LogP contribution is -2.35. The van der Waals surface area contributed by atoms with Crippen LogP contribution in [-0.2, 0) is 9.59 Å². The molecular weight excluding hydrogens is 404 g/mol. The lowest BCUT2D eigenvalue weighted by Gasteiger charge is -2.13. The van der Waals surface area contributed by atoms with E-state index in [4.69, 9.17) is 16.3 Å². The monoisotopic (exact) mass is 418 g/mol. The molecule has 0 unspecified atom stereocenters. The van der Waals surface area contributed by atoms with Gasteiger partial charge < -0.3 is 4.74 Å². The Balaban J connectivity index is 1.50. The second-order valence-corrected chi connectivity index (χ2v) is 6.82. The minimum atomic E-state index is -0.574. The van der Waals surface area contributed by atoms with Crippen LogP contribution in [0.1, 0.15) is 15.9 Å². The number of hydrogen-bond acceptors (Lipinski definition) is 4. The fourth-order valence-corrected chi connectivity index (χ4v) is 3.12. The summed E-state index contributed by atoms with van der Waals surface area (Å²) in [5.41, 5.74) is 4.01. The van der Waals surface area contributed by atoms with Crippen LogP contribution in [0, 0.1) is 0 Å². The van der Waals surface area contributed by atoms with E-state index >= 15 is 0 Å². The van der Waals surface area contributed by atoms with E-state index < -0.39 is 17.8 Å². The van der Waals surface area contributed by atoms with Crippen LogP contribution in [0.15, 0.2) is 84.4 Å². The van der Waals surface area contributed by atoms with Crippen LogP contribution in [0.3, 0.4) is 0 Å². The van der Waals surface area contributed by atoms with Gasteiger partial charge in [-0.2, -0.15) is 0 Å². The molecule has 2 amide bonds. The lowest BCUT2D eigenvalue weighted by molar-refractivity contribution is -0.117. The Morgan fingerprint density at radius 1 is 0.900 bits per heavy atom. The minimum Gasteiger partial charge on any atom is -0.423 e. The maximum Gasteiger partial charge on any atom is 0.345 e. The third-order valence-electron chi connectivity index (χ3n) is 4.40. The second kappa shape index (κ2) is 8.23. The number of nitrogens with zero attached hydrogens (tertiary/aromatic N) is 1. The molecule has 148 valence electrons. The summed E-state index contributed by atoms with van der Waals surface area (Å²) in [6.45, 7) is 0. The van der Waals surface area contributed by atoms with Crippen molar-refractivity contribution in [1.82, 2.24) is 5.43 Å². The summed E-state index contributed by atoms with van der Waals surface area (Å²) in [6, 6.07) is 21.9. The number of benzene rings is 3. The number of rotatable bonds is 4. The minimum absolute atomic E-state index is 0.0136. The molecule has 1 heterocycles. The van der Waals surface area contributed by atoms with Crippen molar-refractivity contribution >= 4 is 41.1 Å². The molecule has 6 nitrogen and oxygen atoms in total. The van der Waals surface area contributed by atoms with E-state index in [1.54, 1.807) is 72.8 Å². The van der Waals surface area contributed by atoms with Crippen LogP contribution in [0.2, 0.25) is 5.02 Å². The van der Waals surface area contributed by atoms with Crippen LogP contribution < -0.4 is 15.2 Å². The average molecular weight is 419 g/mol. The number of ether oxygens (including phenoxy) is 1. The Bertz CT molecular complexity index is 1160. The summed E-state index contributed by atoms with van der Waals surface area (Å²) in [7, 11) is 0. The molecule has 0 saturated carbocycles. The van der Waals surface area contributed by atoms with E-state index in [9.17, 15) is 14.4 Å². The van der Waals surface area contributed by atoms with E-state index in [1.807, 2.05) is 6.07 Å². The van der Waals surface area contributed by atoms with Gasteiger partial charge in [-0.15, -0.1) is 0 Å². The normalized spacial score (nSPS) is 14.7. The molecule has 0 aromatic heterocycles. The van der Waals surface area contributed by atoms with Crippen LogP contribution >= 0.6 is 11.6 Å². The van der Waals surface area contributed by atoms with Crippen LogP contribution in [0.5, 0.6) is 5.75 Å². The Hall–Kier alpha value is -3.90. The summed E-state index contributed by atoms with van der Waals surface area (Å²) in [6.07, 6.45) is 1.49. The third-order valence-corrected chi connectivity index (χ3v) is 4.73. The van der Waals surface area contributed by atoms with E-state index in [-0.39, 0.29) is 11.1 Å². The molecule has 1 saturated heterocycles. The van der Waals surface area contributed by atoms with Gasteiger partial charge in [0.2, 0.25) is 0 Å². The molecule has 0 radical (unpaired) electrons. The number of esters is 1. The van der Waals surface area contributed by atoms with Crippen molar-refractivity contribution in [2.24, 2.45) is 0 Å². The van der Waals surface area contributed by atoms with Crippen LogP contribution in [0.25, 0.3) is 6.08 Å². The van der Waals surface area contributed by atoms with Crippen molar-refractivity contribution in [2.45, 2.75) is 0 Å². The number of carbonyl (C=O) groups excluding carboxylic acids is 3. The van der Waals surface area contributed by atoms with Crippen molar-refractivity contribution in [3.8, 4) is 5.75 Å². The van der Waals surface area contributed by atoms with Gasteiger partial charge in [0.05, 0.1) is 16.3 Å². The van der Waals surface area contributed by atoms with Gasteiger partial charge in [0, 0.05) is 0 Å². The lowest BCUT2D eigenvalue weighted by atomic mass is 10.1. The molecule has 3 aromatic carbocycles. The van der Waals surface area contributed by atoms with Gasteiger partial charge in [0.15, 0.2) is 0 Å². The number of hydrogen-bond donors (Lipinski definition) is 1. The second-order valence-electron chi connectivity index (χ2n) is 6.41. The third kappa shape index (κ3) is 3.94. The number of nitrogens with one attached hydrogen (secondary N) is 1. The SMILES string of the molecule is O=C1NN(c2ccccc2)C(=O)C1=Cc1ccc(OC(=O)c2ccccc2Cl)cc1. The highest BCUT2D eigenvalue weighted by atomic mass is 35.5. The molecule has 1 aliphatic rings. The fourth-order valence-electron chi connectivity index (χ4n) is 2.90. The topological polar surface area (TPSA) is 75.7 Å². The molecular formula is C23H15ClN2O4. The largest absolute Gasteiger partial charge is 0.423 e. The number of hydrazine groups is 1. The van der Waals surface area contributed by atoms with Crippen molar-refractivity contribution in [2.75, 3.05) is 5.01 Å². The quantitative estimate of drug-likeness (QED) is 0.300. The maximum absolute atomic E-state index is 12.6. The number of halogens is 1. The molecule has 1 fully saturated rings. The molecule has 7 heteroatoms. The van der Waals surface area contributed by atoms with Gasteiger partial charge in [0.25, 0.3) is 11.8 Å². The fraction of sp³-hybridized carbons (Fsp3) is 0. The molecule has 1 N–H and O–H groups in total. The Labute approximate surface area is 177 Å². The highest BCUT2D eigenvalue weighted by Gasteiger charge is 2.34. The summed E-state index contributed by atoms with van der Waals surface area (Å²) < 4.78 is 5.32. The number of para-hydroxylation sites is 1.